The molecule has 0 aromatic rings. The van der Waals surface area contributed by atoms with E-state index in [1.165, 1.54) is 6.42 Å². The summed E-state index contributed by atoms with van der Waals surface area (Å²) in [5.41, 5.74) is 0. The lowest BCUT2D eigenvalue weighted by Gasteiger charge is -2.19. The summed E-state index contributed by atoms with van der Waals surface area (Å²) in [6.45, 7) is 2.63. The van der Waals surface area contributed by atoms with E-state index in [0.717, 1.165) is 19.4 Å². The smallest absolute Gasteiger partial charge is 0.226 e. The molecular formula is C7H13NO2. The maximum absolute atomic E-state index is 5.24. The summed E-state index contributed by atoms with van der Waals surface area (Å²) < 4.78 is 5.24. The van der Waals surface area contributed by atoms with Crippen molar-refractivity contribution in [1.82, 2.24) is 0 Å². The van der Waals surface area contributed by atoms with Crippen molar-refractivity contribution >= 4 is 6.21 Å². The minimum Gasteiger partial charge on any atom is -0.364 e. The highest BCUT2D eigenvalue weighted by Crippen LogP contribution is 2.13. The predicted molar refractivity (Wildman–Crippen MR) is 38.8 cm³/mol. The van der Waals surface area contributed by atoms with Gasteiger partial charge in [0.1, 0.15) is 0 Å². The molecule has 1 fully saturated rings. The average molecular weight is 143 g/mol. The van der Waals surface area contributed by atoms with Crippen molar-refractivity contribution < 1.29 is 9.57 Å². The minimum atomic E-state index is -0.0926. The average Bonchev–Trinajstić information content (AvgIpc) is 2.03. The first-order valence-electron chi connectivity index (χ1n) is 3.69. The Balaban J connectivity index is 2.13. The zero-order valence-corrected chi connectivity index (χ0v) is 6.25. The SMILES string of the molecule is CC=NOC1CCCCO1. The number of hydrogen-bond donors (Lipinski definition) is 0. The molecule has 0 spiro atoms. The molecule has 1 rings (SSSR count). The maximum Gasteiger partial charge on any atom is 0.226 e. The molecule has 0 aromatic heterocycles. The van der Waals surface area contributed by atoms with Crippen molar-refractivity contribution in [2.24, 2.45) is 5.16 Å². The second-order valence-electron chi connectivity index (χ2n) is 2.27. The van der Waals surface area contributed by atoms with Crippen molar-refractivity contribution in [2.45, 2.75) is 32.5 Å². The second kappa shape index (κ2) is 4.28. The zero-order chi connectivity index (χ0) is 7.23. The van der Waals surface area contributed by atoms with E-state index in [9.17, 15) is 0 Å². The minimum absolute atomic E-state index is 0.0926. The van der Waals surface area contributed by atoms with Crippen LogP contribution in [-0.2, 0) is 9.57 Å². The highest BCUT2D eigenvalue weighted by Gasteiger charge is 2.13. The maximum atomic E-state index is 5.24. The van der Waals surface area contributed by atoms with Crippen molar-refractivity contribution in [2.75, 3.05) is 6.61 Å². The van der Waals surface area contributed by atoms with Gasteiger partial charge in [-0.05, 0) is 19.8 Å². The number of oxime groups is 1. The first-order chi connectivity index (χ1) is 4.93. The summed E-state index contributed by atoms with van der Waals surface area (Å²) in [6, 6.07) is 0. The van der Waals surface area contributed by atoms with Crippen LogP contribution in [0, 0.1) is 0 Å². The van der Waals surface area contributed by atoms with Crippen LogP contribution in [0.2, 0.25) is 0 Å². The monoisotopic (exact) mass is 143 g/mol. The van der Waals surface area contributed by atoms with Gasteiger partial charge in [0.2, 0.25) is 6.29 Å². The van der Waals surface area contributed by atoms with E-state index in [-0.39, 0.29) is 6.29 Å². The van der Waals surface area contributed by atoms with Crippen LogP contribution in [0.25, 0.3) is 0 Å². The summed E-state index contributed by atoms with van der Waals surface area (Å²) in [5, 5.41) is 3.65. The van der Waals surface area contributed by atoms with E-state index in [4.69, 9.17) is 9.57 Å². The molecule has 0 N–H and O–H groups in total. The molecule has 0 radical (unpaired) electrons. The van der Waals surface area contributed by atoms with Crippen LogP contribution in [0.4, 0.5) is 0 Å². The molecule has 1 saturated heterocycles. The van der Waals surface area contributed by atoms with Gasteiger partial charge in [-0.15, -0.1) is 0 Å². The molecule has 0 bridgehead atoms. The third-order valence-electron chi connectivity index (χ3n) is 1.42. The van der Waals surface area contributed by atoms with Crippen molar-refractivity contribution in [1.29, 1.82) is 0 Å². The van der Waals surface area contributed by atoms with Gasteiger partial charge in [0, 0.05) is 12.6 Å². The van der Waals surface area contributed by atoms with Crippen LogP contribution in [-0.4, -0.2) is 19.1 Å². The fourth-order valence-electron chi connectivity index (χ4n) is 0.923. The van der Waals surface area contributed by atoms with Gasteiger partial charge in [0.15, 0.2) is 0 Å². The van der Waals surface area contributed by atoms with Gasteiger partial charge in [-0.2, -0.15) is 0 Å². The third kappa shape index (κ3) is 2.35. The zero-order valence-electron chi connectivity index (χ0n) is 6.25. The Hall–Kier alpha value is -0.570. The molecule has 1 aliphatic rings. The molecule has 1 unspecified atom stereocenters. The van der Waals surface area contributed by atoms with Crippen LogP contribution in [0.5, 0.6) is 0 Å². The summed E-state index contributed by atoms with van der Waals surface area (Å²) in [7, 11) is 0. The van der Waals surface area contributed by atoms with Gasteiger partial charge in [0.05, 0.1) is 6.61 Å². The highest BCUT2D eigenvalue weighted by atomic mass is 16.8. The molecule has 1 aliphatic heterocycles. The quantitative estimate of drug-likeness (QED) is 0.433. The fraction of sp³-hybridized carbons (Fsp3) is 0.857. The summed E-state index contributed by atoms with van der Waals surface area (Å²) in [5.74, 6) is 0. The van der Waals surface area contributed by atoms with Crippen LogP contribution in [0.1, 0.15) is 26.2 Å². The number of nitrogens with zero attached hydrogens (tertiary/aromatic N) is 1. The predicted octanol–water partition coefficient (Wildman–Crippen LogP) is 1.54. The standard InChI is InChI=1S/C7H13NO2/c1-2-8-10-7-5-3-4-6-9-7/h2,7H,3-6H2,1H3. The third-order valence-corrected chi connectivity index (χ3v) is 1.42. The van der Waals surface area contributed by atoms with E-state index in [1.807, 2.05) is 6.92 Å². The van der Waals surface area contributed by atoms with Crippen molar-refractivity contribution in [3.05, 3.63) is 0 Å². The summed E-state index contributed by atoms with van der Waals surface area (Å²) >= 11 is 0. The van der Waals surface area contributed by atoms with E-state index in [0.29, 0.717) is 0 Å². The van der Waals surface area contributed by atoms with E-state index in [2.05, 4.69) is 5.16 Å². The van der Waals surface area contributed by atoms with E-state index >= 15 is 0 Å². The molecule has 1 heterocycles. The summed E-state index contributed by atoms with van der Waals surface area (Å²) in [6.07, 6.45) is 4.83. The van der Waals surface area contributed by atoms with Crippen molar-refractivity contribution in [3.8, 4) is 0 Å². The molecule has 0 aromatic carbocycles. The normalized spacial score (nSPS) is 27.1. The Morgan fingerprint density at radius 1 is 1.60 bits per heavy atom. The van der Waals surface area contributed by atoms with Gasteiger partial charge in [-0.25, -0.2) is 0 Å². The van der Waals surface area contributed by atoms with Crippen LogP contribution < -0.4 is 0 Å². The molecular weight excluding hydrogens is 130 g/mol. The van der Waals surface area contributed by atoms with Gasteiger partial charge in [-0.3, -0.25) is 0 Å². The van der Waals surface area contributed by atoms with Gasteiger partial charge < -0.3 is 9.57 Å². The van der Waals surface area contributed by atoms with Gasteiger partial charge >= 0.3 is 0 Å². The van der Waals surface area contributed by atoms with Crippen molar-refractivity contribution in [3.63, 3.8) is 0 Å². The van der Waals surface area contributed by atoms with Crippen LogP contribution in [0.3, 0.4) is 0 Å². The first-order valence-corrected chi connectivity index (χ1v) is 3.69. The topological polar surface area (TPSA) is 30.8 Å². The lowest BCUT2D eigenvalue weighted by atomic mass is 10.2. The summed E-state index contributed by atoms with van der Waals surface area (Å²) in [4.78, 5) is 4.98. The molecule has 10 heavy (non-hydrogen) atoms. The number of hydrogen-bond acceptors (Lipinski definition) is 3. The Labute approximate surface area is 61.0 Å². The molecule has 3 nitrogen and oxygen atoms in total. The number of ether oxygens (including phenoxy) is 1. The fourth-order valence-corrected chi connectivity index (χ4v) is 0.923. The Bertz CT molecular complexity index is 108. The molecule has 58 valence electrons. The molecule has 1 atom stereocenters. The lowest BCUT2D eigenvalue weighted by molar-refractivity contribution is -0.161. The first kappa shape index (κ1) is 7.54. The lowest BCUT2D eigenvalue weighted by Crippen LogP contribution is -2.20. The Morgan fingerprint density at radius 3 is 3.10 bits per heavy atom. The Morgan fingerprint density at radius 2 is 2.50 bits per heavy atom. The van der Waals surface area contributed by atoms with E-state index < -0.39 is 0 Å². The molecule has 0 saturated carbocycles. The van der Waals surface area contributed by atoms with E-state index in [1.54, 1.807) is 6.21 Å². The van der Waals surface area contributed by atoms with Crippen LogP contribution >= 0.6 is 0 Å². The highest BCUT2D eigenvalue weighted by molar-refractivity contribution is 5.52. The molecule has 0 aliphatic carbocycles. The van der Waals surface area contributed by atoms with Crippen LogP contribution in [0.15, 0.2) is 5.16 Å². The Kier molecular flexibility index (Phi) is 3.22. The van der Waals surface area contributed by atoms with Gasteiger partial charge in [-0.1, -0.05) is 5.16 Å². The second-order valence-corrected chi connectivity index (χ2v) is 2.27. The number of rotatable bonds is 2. The molecule has 0 amide bonds. The molecule has 3 heteroatoms. The van der Waals surface area contributed by atoms with Gasteiger partial charge in [0.25, 0.3) is 0 Å². The largest absolute Gasteiger partial charge is 0.364 e.